The Morgan fingerprint density at radius 3 is 2.48 bits per heavy atom. The van der Waals surface area contributed by atoms with E-state index in [1.54, 1.807) is 25.1 Å². The van der Waals surface area contributed by atoms with Crippen LogP contribution in [-0.2, 0) is 21.4 Å². The number of hydrogen-bond acceptors (Lipinski definition) is 3. The van der Waals surface area contributed by atoms with Gasteiger partial charge in [0, 0.05) is 24.5 Å². The van der Waals surface area contributed by atoms with Crippen molar-refractivity contribution >= 4 is 33.2 Å². The van der Waals surface area contributed by atoms with Gasteiger partial charge in [-0.3, -0.25) is 9.10 Å². The standard InChI is InChI=1S/C18H21ClN2O3S/c1-14-8-9-16(19)12-17(14)21(25(2,23)24)11-10-18(22)20-13-15-6-4-3-5-7-15/h3-9,12H,10-11,13H2,1-2H3,(H,20,22). The highest BCUT2D eigenvalue weighted by atomic mass is 35.5. The summed E-state index contributed by atoms with van der Waals surface area (Å²) in [5.41, 5.74) is 2.26. The predicted molar refractivity (Wildman–Crippen MR) is 101 cm³/mol. The number of amides is 1. The topological polar surface area (TPSA) is 66.5 Å². The van der Waals surface area contributed by atoms with Crippen LogP contribution in [0.1, 0.15) is 17.5 Å². The molecule has 2 rings (SSSR count). The Bertz CT molecular complexity index is 839. The van der Waals surface area contributed by atoms with Crippen LogP contribution >= 0.6 is 11.6 Å². The molecule has 2 aromatic rings. The molecule has 134 valence electrons. The lowest BCUT2D eigenvalue weighted by Crippen LogP contribution is -2.35. The minimum Gasteiger partial charge on any atom is -0.352 e. The van der Waals surface area contributed by atoms with E-state index in [-0.39, 0.29) is 18.9 Å². The lowest BCUT2D eigenvalue weighted by atomic mass is 10.2. The van der Waals surface area contributed by atoms with Gasteiger partial charge in [-0.15, -0.1) is 0 Å². The molecule has 1 amide bonds. The minimum absolute atomic E-state index is 0.0562. The number of rotatable bonds is 7. The molecule has 5 nitrogen and oxygen atoms in total. The fourth-order valence-electron chi connectivity index (χ4n) is 2.40. The van der Waals surface area contributed by atoms with Gasteiger partial charge in [0.1, 0.15) is 0 Å². The van der Waals surface area contributed by atoms with Crippen molar-refractivity contribution in [1.82, 2.24) is 5.32 Å². The molecule has 0 aromatic heterocycles. The lowest BCUT2D eigenvalue weighted by molar-refractivity contribution is -0.121. The number of carbonyl (C=O) groups excluding carboxylic acids is 1. The number of halogens is 1. The second-order valence-corrected chi connectivity index (χ2v) is 8.12. The van der Waals surface area contributed by atoms with Crippen molar-refractivity contribution in [3.8, 4) is 0 Å². The molecule has 0 saturated heterocycles. The zero-order valence-electron chi connectivity index (χ0n) is 14.2. The van der Waals surface area contributed by atoms with Gasteiger partial charge < -0.3 is 5.32 Å². The van der Waals surface area contributed by atoms with Crippen LogP contribution < -0.4 is 9.62 Å². The fraction of sp³-hybridized carbons (Fsp3) is 0.278. The number of hydrogen-bond donors (Lipinski definition) is 1. The van der Waals surface area contributed by atoms with E-state index in [1.165, 1.54) is 4.31 Å². The number of benzene rings is 2. The van der Waals surface area contributed by atoms with Gasteiger partial charge in [0.05, 0.1) is 11.9 Å². The second kappa shape index (κ2) is 8.36. The average molecular weight is 381 g/mol. The van der Waals surface area contributed by atoms with Crippen molar-refractivity contribution in [3.63, 3.8) is 0 Å². The summed E-state index contributed by atoms with van der Waals surface area (Å²) in [6.45, 7) is 2.27. The summed E-state index contributed by atoms with van der Waals surface area (Å²) in [7, 11) is -3.53. The van der Waals surface area contributed by atoms with E-state index in [4.69, 9.17) is 11.6 Å². The number of anilines is 1. The third-order valence-corrected chi connectivity index (χ3v) is 5.13. The van der Waals surface area contributed by atoms with Crippen LogP contribution in [0.5, 0.6) is 0 Å². The molecule has 0 saturated carbocycles. The van der Waals surface area contributed by atoms with Crippen LogP contribution in [0.2, 0.25) is 5.02 Å². The van der Waals surface area contributed by atoms with Gasteiger partial charge in [0.2, 0.25) is 15.9 Å². The molecule has 0 spiro atoms. The Morgan fingerprint density at radius 1 is 1.16 bits per heavy atom. The van der Waals surface area contributed by atoms with E-state index >= 15 is 0 Å². The smallest absolute Gasteiger partial charge is 0.232 e. The van der Waals surface area contributed by atoms with Gasteiger partial charge in [-0.05, 0) is 30.2 Å². The monoisotopic (exact) mass is 380 g/mol. The molecular formula is C18H21ClN2O3S. The van der Waals surface area contributed by atoms with Crippen LogP contribution in [0.4, 0.5) is 5.69 Å². The Kier molecular flexibility index (Phi) is 6.45. The molecule has 0 unspecified atom stereocenters. The molecule has 0 radical (unpaired) electrons. The highest BCUT2D eigenvalue weighted by Crippen LogP contribution is 2.26. The van der Waals surface area contributed by atoms with Crippen molar-refractivity contribution in [2.75, 3.05) is 17.1 Å². The first-order chi connectivity index (χ1) is 11.8. The largest absolute Gasteiger partial charge is 0.352 e. The van der Waals surface area contributed by atoms with Crippen LogP contribution in [0, 0.1) is 6.92 Å². The molecule has 1 N–H and O–H groups in total. The number of aryl methyl sites for hydroxylation is 1. The maximum Gasteiger partial charge on any atom is 0.232 e. The number of sulfonamides is 1. The summed E-state index contributed by atoms with van der Waals surface area (Å²) in [4.78, 5) is 12.1. The molecule has 0 heterocycles. The van der Waals surface area contributed by atoms with E-state index in [2.05, 4.69) is 5.32 Å². The van der Waals surface area contributed by atoms with Crippen molar-refractivity contribution < 1.29 is 13.2 Å². The zero-order valence-corrected chi connectivity index (χ0v) is 15.8. The van der Waals surface area contributed by atoms with Gasteiger partial charge in [-0.1, -0.05) is 48.0 Å². The second-order valence-electron chi connectivity index (χ2n) is 5.78. The number of carbonyl (C=O) groups is 1. The van der Waals surface area contributed by atoms with Gasteiger partial charge in [0.15, 0.2) is 0 Å². The molecule has 0 aliphatic carbocycles. The first-order valence-electron chi connectivity index (χ1n) is 7.82. The Balaban J connectivity index is 2.03. The van der Waals surface area contributed by atoms with Crippen molar-refractivity contribution in [1.29, 1.82) is 0 Å². The molecular weight excluding hydrogens is 360 g/mol. The van der Waals surface area contributed by atoms with Crippen LogP contribution in [-0.4, -0.2) is 27.1 Å². The summed E-state index contributed by atoms with van der Waals surface area (Å²) in [6.07, 6.45) is 1.18. The molecule has 0 bridgehead atoms. The lowest BCUT2D eigenvalue weighted by Gasteiger charge is -2.24. The predicted octanol–water partition coefficient (Wildman–Crippen LogP) is 3.12. The third kappa shape index (κ3) is 5.76. The van der Waals surface area contributed by atoms with Gasteiger partial charge in [-0.25, -0.2) is 8.42 Å². The quantitative estimate of drug-likeness (QED) is 0.802. The Labute approximate surface area is 153 Å². The van der Waals surface area contributed by atoms with Crippen LogP contribution in [0.3, 0.4) is 0 Å². The Morgan fingerprint density at radius 2 is 1.84 bits per heavy atom. The summed E-state index contributed by atoms with van der Waals surface area (Å²) < 4.78 is 25.5. The summed E-state index contributed by atoms with van der Waals surface area (Å²) in [5, 5.41) is 3.24. The normalized spacial score (nSPS) is 11.2. The van der Waals surface area contributed by atoms with E-state index < -0.39 is 10.0 Å². The SMILES string of the molecule is Cc1ccc(Cl)cc1N(CCC(=O)NCc1ccccc1)S(C)(=O)=O. The van der Waals surface area contributed by atoms with Crippen molar-refractivity contribution in [2.24, 2.45) is 0 Å². The molecule has 2 aromatic carbocycles. The molecule has 0 aliphatic rings. The van der Waals surface area contributed by atoms with E-state index in [9.17, 15) is 13.2 Å². The third-order valence-electron chi connectivity index (χ3n) is 3.71. The molecule has 7 heteroatoms. The first-order valence-corrected chi connectivity index (χ1v) is 10.0. The van der Waals surface area contributed by atoms with Crippen molar-refractivity contribution in [3.05, 3.63) is 64.7 Å². The van der Waals surface area contributed by atoms with Gasteiger partial charge in [-0.2, -0.15) is 0 Å². The first kappa shape index (κ1) is 19.3. The highest BCUT2D eigenvalue weighted by Gasteiger charge is 2.20. The molecule has 0 fully saturated rings. The Hall–Kier alpha value is -2.05. The number of nitrogens with one attached hydrogen (secondary N) is 1. The summed E-state index contributed by atoms with van der Waals surface area (Å²) in [6, 6.07) is 14.6. The zero-order chi connectivity index (χ0) is 18.4. The molecule has 0 aliphatic heterocycles. The van der Waals surface area contributed by atoms with E-state index in [0.717, 1.165) is 17.4 Å². The van der Waals surface area contributed by atoms with Crippen LogP contribution in [0.15, 0.2) is 48.5 Å². The van der Waals surface area contributed by atoms with Crippen LogP contribution in [0.25, 0.3) is 0 Å². The maximum atomic E-state index is 12.1. The molecule has 0 atom stereocenters. The van der Waals surface area contributed by atoms with E-state index in [0.29, 0.717) is 17.3 Å². The maximum absolute atomic E-state index is 12.1. The highest BCUT2D eigenvalue weighted by molar-refractivity contribution is 7.92. The number of nitrogens with zero attached hydrogens (tertiary/aromatic N) is 1. The fourth-order valence-corrected chi connectivity index (χ4v) is 3.55. The summed E-state index contributed by atoms with van der Waals surface area (Å²) in [5.74, 6) is -0.211. The summed E-state index contributed by atoms with van der Waals surface area (Å²) >= 11 is 5.99. The minimum atomic E-state index is -3.53. The van der Waals surface area contributed by atoms with Crippen molar-refractivity contribution in [2.45, 2.75) is 19.9 Å². The van der Waals surface area contributed by atoms with Gasteiger partial charge in [0.25, 0.3) is 0 Å². The molecule has 25 heavy (non-hydrogen) atoms. The van der Waals surface area contributed by atoms with E-state index in [1.807, 2.05) is 30.3 Å². The van der Waals surface area contributed by atoms with Gasteiger partial charge >= 0.3 is 0 Å². The average Bonchev–Trinajstić information content (AvgIpc) is 2.56.